The average Bonchev–Trinajstić information content (AvgIpc) is 2.91. The van der Waals surface area contributed by atoms with Crippen molar-refractivity contribution in [3.8, 4) is 11.5 Å². The van der Waals surface area contributed by atoms with Gasteiger partial charge >= 0.3 is 0 Å². The van der Waals surface area contributed by atoms with Gasteiger partial charge in [-0.1, -0.05) is 5.10 Å². The van der Waals surface area contributed by atoms with Gasteiger partial charge in [-0.25, -0.2) is 0 Å². The number of carbonyl (C=O) groups excluding carboxylic acids is 1. The van der Waals surface area contributed by atoms with Crippen LogP contribution in [0.4, 0.5) is 5.95 Å². The van der Waals surface area contributed by atoms with Crippen molar-refractivity contribution in [1.82, 2.24) is 25.5 Å². The summed E-state index contributed by atoms with van der Waals surface area (Å²) in [6.45, 7) is 0. The molecule has 0 aliphatic heterocycles. The molecule has 10 heteroatoms. The molecule has 1 heterocycles. The third-order valence-electron chi connectivity index (χ3n) is 2.61. The Kier molecular flexibility index (Phi) is 4.84. The molecule has 116 valence electrons. The summed E-state index contributed by atoms with van der Waals surface area (Å²) < 4.78 is 10.2. The fourth-order valence-corrected chi connectivity index (χ4v) is 1.81. The Labute approximate surface area is 131 Å². The number of aryl methyl sites for hydroxylation is 1. The zero-order valence-electron chi connectivity index (χ0n) is 12.2. The lowest BCUT2D eigenvalue weighted by Crippen LogP contribution is -2.34. The number of benzene rings is 1. The summed E-state index contributed by atoms with van der Waals surface area (Å²) in [6.07, 6.45) is 0. The highest BCUT2D eigenvalue weighted by atomic mass is 32.1. The predicted molar refractivity (Wildman–Crippen MR) is 82.0 cm³/mol. The summed E-state index contributed by atoms with van der Waals surface area (Å²) >= 11 is 5.02. The number of thiocarbonyl (C=S) groups is 1. The van der Waals surface area contributed by atoms with E-state index in [4.69, 9.17) is 21.7 Å². The summed E-state index contributed by atoms with van der Waals surface area (Å²) in [6, 6.07) is 4.84. The molecule has 0 aliphatic carbocycles. The number of hydrogen-bond donors (Lipinski definition) is 2. The quantitative estimate of drug-likeness (QED) is 0.778. The average molecular weight is 322 g/mol. The fraction of sp³-hybridized carbons (Fsp3) is 0.250. The van der Waals surface area contributed by atoms with Crippen molar-refractivity contribution < 1.29 is 14.3 Å². The molecule has 0 aliphatic rings. The lowest BCUT2D eigenvalue weighted by atomic mass is 10.2. The SMILES string of the molecule is COc1ccc(C(=O)NC(=S)Nc2nnn(C)n2)c(OC)c1. The van der Waals surface area contributed by atoms with Gasteiger partial charge in [0, 0.05) is 6.07 Å². The van der Waals surface area contributed by atoms with E-state index in [0.717, 1.165) is 0 Å². The molecule has 9 nitrogen and oxygen atoms in total. The Balaban J connectivity index is 2.06. The first-order chi connectivity index (χ1) is 10.5. The van der Waals surface area contributed by atoms with Crippen molar-refractivity contribution in [2.45, 2.75) is 0 Å². The van der Waals surface area contributed by atoms with E-state index in [1.54, 1.807) is 25.2 Å². The van der Waals surface area contributed by atoms with Crippen molar-refractivity contribution in [2.75, 3.05) is 19.5 Å². The van der Waals surface area contributed by atoms with E-state index in [-0.39, 0.29) is 11.1 Å². The van der Waals surface area contributed by atoms with Crippen LogP contribution in [-0.4, -0.2) is 45.4 Å². The van der Waals surface area contributed by atoms with Gasteiger partial charge in [-0.05, 0) is 29.6 Å². The molecule has 0 saturated heterocycles. The third kappa shape index (κ3) is 3.67. The van der Waals surface area contributed by atoms with E-state index in [9.17, 15) is 4.79 Å². The molecule has 0 saturated carbocycles. The molecule has 2 N–H and O–H groups in total. The molecule has 1 amide bonds. The van der Waals surface area contributed by atoms with Gasteiger partial charge in [0.15, 0.2) is 5.11 Å². The minimum absolute atomic E-state index is 0.0517. The second-order valence-corrected chi connectivity index (χ2v) is 4.49. The summed E-state index contributed by atoms with van der Waals surface area (Å²) in [5, 5.41) is 16.4. The number of rotatable bonds is 4. The Morgan fingerprint density at radius 1 is 1.32 bits per heavy atom. The molecule has 1 aromatic carbocycles. The Morgan fingerprint density at radius 3 is 2.68 bits per heavy atom. The van der Waals surface area contributed by atoms with Crippen molar-refractivity contribution in [1.29, 1.82) is 0 Å². The van der Waals surface area contributed by atoms with E-state index in [0.29, 0.717) is 17.1 Å². The highest BCUT2D eigenvalue weighted by molar-refractivity contribution is 7.80. The molecule has 0 atom stereocenters. The highest BCUT2D eigenvalue weighted by Crippen LogP contribution is 2.24. The van der Waals surface area contributed by atoms with Gasteiger partial charge in [0.2, 0.25) is 0 Å². The van der Waals surface area contributed by atoms with E-state index < -0.39 is 5.91 Å². The molecule has 0 unspecified atom stereocenters. The Bertz CT molecular complexity index is 702. The van der Waals surface area contributed by atoms with Crippen LogP contribution < -0.4 is 20.1 Å². The number of ether oxygens (including phenoxy) is 2. The maximum absolute atomic E-state index is 12.2. The summed E-state index contributed by atoms with van der Waals surface area (Å²) in [4.78, 5) is 13.5. The van der Waals surface area contributed by atoms with Crippen LogP contribution in [-0.2, 0) is 7.05 Å². The molecule has 1 aromatic heterocycles. The minimum Gasteiger partial charge on any atom is -0.497 e. The number of aromatic nitrogens is 4. The van der Waals surface area contributed by atoms with Crippen LogP contribution in [0, 0.1) is 0 Å². The van der Waals surface area contributed by atoms with Crippen LogP contribution in [0.5, 0.6) is 11.5 Å². The second-order valence-electron chi connectivity index (χ2n) is 4.08. The topological polar surface area (TPSA) is 103 Å². The number of methoxy groups -OCH3 is 2. The van der Waals surface area contributed by atoms with Crippen LogP contribution in [0.15, 0.2) is 18.2 Å². The lowest BCUT2D eigenvalue weighted by molar-refractivity contribution is 0.0974. The van der Waals surface area contributed by atoms with Gasteiger partial charge in [-0.2, -0.15) is 4.80 Å². The maximum Gasteiger partial charge on any atom is 0.269 e. The van der Waals surface area contributed by atoms with Crippen molar-refractivity contribution >= 4 is 29.2 Å². The van der Waals surface area contributed by atoms with E-state index in [1.807, 2.05) is 0 Å². The number of tetrazole rings is 1. The molecular weight excluding hydrogens is 308 g/mol. The van der Waals surface area contributed by atoms with Gasteiger partial charge in [0.05, 0.1) is 26.8 Å². The molecule has 22 heavy (non-hydrogen) atoms. The summed E-state index contributed by atoms with van der Waals surface area (Å²) in [7, 11) is 4.61. The number of hydrogen-bond acceptors (Lipinski definition) is 7. The molecule has 2 aromatic rings. The minimum atomic E-state index is -0.430. The van der Waals surface area contributed by atoms with Gasteiger partial charge in [-0.15, -0.1) is 5.10 Å². The van der Waals surface area contributed by atoms with Gasteiger partial charge in [0.1, 0.15) is 11.5 Å². The zero-order valence-corrected chi connectivity index (χ0v) is 13.0. The van der Waals surface area contributed by atoms with Crippen molar-refractivity contribution in [3.05, 3.63) is 23.8 Å². The number of nitrogens with one attached hydrogen (secondary N) is 2. The monoisotopic (exact) mass is 322 g/mol. The third-order valence-corrected chi connectivity index (χ3v) is 2.82. The normalized spacial score (nSPS) is 9.95. The second kappa shape index (κ2) is 6.80. The van der Waals surface area contributed by atoms with Crippen LogP contribution in [0.2, 0.25) is 0 Å². The first kappa shape index (κ1) is 15.6. The van der Waals surface area contributed by atoms with Crippen molar-refractivity contribution in [3.63, 3.8) is 0 Å². The van der Waals surface area contributed by atoms with Gasteiger partial charge < -0.3 is 9.47 Å². The summed E-state index contributed by atoms with van der Waals surface area (Å²) in [5.74, 6) is 0.713. The fourth-order valence-electron chi connectivity index (χ4n) is 1.62. The summed E-state index contributed by atoms with van der Waals surface area (Å²) in [5.41, 5.74) is 0.319. The predicted octanol–water partition coefficient (Wildman–Crippen LogP) is 0.354. The standard InChI is InChI=1S/C12H14N6O3S/c1-18-16-11(15-17-18)14-12(22)13-10(19)8-5-4-7(20-2)6-9(8)21-3/h4-6H,1-3H3,(H2,13,14,16,19,22). The molecular formula is C12H14N6O3S. The Hall–Kier alpha value is -2.75. The Morgan fingerprint density at radius 2 is 2.09 bits per heavy atom. The van der Waals surface area contributed by atoms with E-state index >= 15 is 0 Å². The highest BCUT2D eigenvalue weighted by Gasteiger charge is 2.15. The molecule has 0 bridgehead atoms. The lowest BCUT2D eigenvalue weighted by Gasteiger charge is -2.11. The maximum atomic E-state index is 12.2. The molecule has 2 rings (SSSR count). The van der Waals surface area contributed by atoms with Crippen LogP contribution in [0.25, 0.3) is 0 Å². The van der Waals surface area contributed by atoms with Crippen molar-refractivity contribution in [2.24, 2.45) is 7.05 Å². The van der Waals surface area contributed by atoms with Crippen LogP contribution in [0.3, 0.4) is 0 Å². The molecule has 0 radical (unpaired) electrons. The number of amides is 1. The number of carbonyl (C=O) groups is 1. The molecule has 0 spiro atoms. The van der Waals surface area contributed by atoms with Gasteiger partial charge in [-0.3, -0.25) is 15.4 Å². The van der Waals surface area contributed by atoms with E-state index in [2.05, 4.69) is 26.0 Å². The first-order valence-corrected chi connectivity index (χ1v) is 6.52. The van der Waals surface area contributed by atoms with Gasteiger partial charge in [0.25, 0.3) is 11.9 Å². The zero-order chi connectivity index (χ0) is 16.1. The van der Waals surface area contributed by atoms with E-state index in [1.165, 1.54) is 19.0 Å². The number of anilines is 1. The molecule has 0 fully saturated rings. The first-order valence-electron chi connectivity index (χ1n) is 6.12. The van der Waals surface area contributed by atoms with Crippen LogP contribution >= 0.6 is 12.2 Å². The largest absolute Gasteiger partial charge is 0.497 e. The van der Waals surface area contributed by atoms with Crippen LogP contribution in [0.1, 0.15) is 10.4 Å². The smallest absolute Gasteiger partial charge is 0.269 e. The number of nitrogens with zero attached hydrogens (tertiary/aromatic N) is 4.